The third kappa shape index (κ3) is 5.05. The van der Waals surface area contributed by atoms with E-state index in [4.69, 9.17) is 10.2 Å². The van der Waals surface area contributed by atoms with Crippen LogP contribution in [-0.4, -0.2) is 34.0 Å². The molecule has 0 aliphatic rings. The van der Waals surface area contributed by atoms with Gasteiger partial charge in [0, 0.05) is 22.5 Å². The van der Waals surface area contributed by atoms with Crippen molar-refractivity contribution in [3.8, 4) is 0 Å². The molecular formula is C30H20N2O6. The number of fused-ring (bicyclic) bond motifs is 2. The molecule has 0 aromatic heterocycles. The topological polar surface area (TPSA) is 133 Å². The second-order valence-corrected chi connectivity index (χ2v) is 8.65. The van der Waals surface area contributed by atoms with Crippen molar-refractivity contribution in [2.45, 2.75) is 0 Å². The van der Waals surface area contributed by atoms with Gasteiger partial charge in [0.2, 0.25) is 0 Å². The molecule has 0 saturated heterocycles. The van der Waals surface area contributed by atoms with Gasteiger partial charge in [0.25, 0.3) is 11.8 Å². The zero-order valence-corrected chi connectivity index (χ0v) is 19.8. The normalized spacial score (nSPS) is 10.7. The van der Waals surface area contributed by atoms with Crippen LogP contribution < -0.4 is 10.6 Å². The van der Waals surface area contributed by atoms with Gasteiger partial charge in [-0.1, -0.05) is 30.3 Å². The van der Waals surface area contributed by atoms with Crippen molar-refractivity contribution in [2.75, 3.05) is 10.6 Å². The monoisotopic (exact) mass is 504 g/mol. The number of anilines is 2. The third-order valence-corrected chi connectivity index (χ3v) is 6.08. The van der Waals surface area contributed by atoms with E-state index in [2.05, 4.69) is 10.6 Å². The molecule has 0 aliphatic carbocycles. The summed E-state index contributed by atoms with van der Waals surface area (Å²) in [6.07, 6.45) is 0. The molecule has 2 amide bonds. The molecule has 0 heterocycles. The number of nitrogens with one attached hydrogen (secondary N) is 2. The molecular weight excluding hydrogens is 484 g/mol. The molecule has 0 bridgehead atoms. The molecule has 5 aromatic carbocycles. The molecule has 0 spiro atoms. The molecule has 8 nitrogen and oxygen atoms in total. The van der Waals surface area contributed by atoms with E-state index in [0.29, 0.717) is 22.5 Å². The van der Waals surface area contributed by atoms with Crippen molar-refractivity contribution in [1.82, 2.24) is 0 Å². The SMILES string of the molecule is O=C(O)c1ccc2cc(NC(=O)c3cccc(C(=O)Nc4ccc5cc(C(=O)O)ccc5c4)c3)ccc2c1. The number of carbonyl (C=O) groups is 4. The Morgan fingerprint density at radius 2 is 0.842 bits per heavy atom. The molecule has 0 radical (unpaired) electrons. The van der Waals surface area contributed by atoms with Crippen molar-refractivity contribution in [3.05, 3.63) is 119 Å². The van der Waals surface area contributed by atoms with Crippen LogP contribution in [0.4, 0.5) is 11.4 Å². The van der Waals surface area contributed by atoms with Crippen LogP contribution >= 0.6 is 0 Å². The zero-order chi connectivity index (χ0) is 26.8. The molecule has 5 aromatic rings. The van der Waals surface area contributed by atoms with Gasteiger partial charge in [-0.2, -0.15) is 0 Å². The molecule has 38 heavy (non-hydrogen) atoms. The maximum Gasteiger partial charge on any atom is 0.335 e. The average Bonchev–Trinajstić information content (AvgIpc) is 2.92. The highest BCUT2D eigenvalue weighted by Crippen LogP contribution is 2.23. The largest absolute Gasteiger partial charge is 0.478 e. The van der Waals surface area contributed by atoms with E-state index in [-0.39, 0.29) is 11.1 Å². The highest BCUT2D eigenvalue weighted by Gasteiger charge is 2.13. The van der Waals surface area contributed by atoms with Crippen molar-refractivity contribution < 1.29 is 29.4 Å². The summed E-state index contributed by atoms with van der Waals surface area (Å²) in [4.78, 5) is 48.1. The van der Waals surface area contributed by atoms with Crippen LogP contribution in [0.5, 0.6) is 0 Å². The Hall–Kier alpha value is -5.50. The minimum absolute atomic E-state index is 0.181. The molecule has 4 N–H and O–H groups in total. The van der Waals surface area contributed by atoms with Crippen LogP contribution in [0.2, 0.25) is 0 Å². The quantitative estimate of drug-likeness (QED) is 0.228. The van der Waals surface area contributed by atoms with Gasteiger partial charge in [0.05, 0.1) is 11.1 Å². The summed E-state index contributed by atoms with van der Waals surface area (Å²) < 4.78 is 0. The molecule has 186 valence electrons. The fourth-order valence-electron chi connectivity index (χ4n) is 4.12. The Labute approximate surface area is 216 Å². The number of amides is 2. The Bertz CT molecular complexity index is 1650. The zero-order valence-electron chi connectivity index (χ0n) is 19.8. The summed E-state index contributed by atoms with van der Waals surface area (Å²) in [5.74, 6) is -2.83. The summed E-state index contributed by atoms with van der Waals surface area (Å²) in [7, 11) is 0. The Morgan fingerprint density at radius 1 is 0.447 bits per heavy atom. The lowest BCUT2D eigenvalue weighted by Crippen LogP contribution is -2.15. The van der Waals surface area contributed by atoms with Crippen LogP contribution in [0.1, 0.15) is 41.4 Å². The summed E-state index contributed by atoms with van der Waals surface area (Å²) in [6, 6.07) is 26.1. The van der Waals surface area contributed by atoms with Crippen LogP contribution in [0, 0.1) is 0 Å². The number of carboxylic acids is 2. The first kappa shape index (κ1) is 24.2. The summed E-state index contributed by atoms with van der Waals surface area (Å²) in [6.45, 7) is 0. The number of aromatic carboxylic acids is 2. The Balaban J connectivity index is 1.30. The van der Waals surface area contributed by atoms with Crippen molar-refractivity contribution >= 4 is 56.7 Å². The summed E-state index contributed by atoms with van der Waals surface area (Å²) >= 11 is 0. The van der Waals surface area contributed by atoms with E-state index in [1.54, 1.807) is 78.9 Å². The van der Waals surface area contributed by atoms with E-state index >= 15 is 0 Å². The van der Waals surface area contributed by atoms with Gasteiger partial charge in [-0.3, -0.25) is 9.59 Å². The van der Waals surface area contributed by atoms with Crippen molar-refractivity contribution in [1.29, 1.82) is 0 Å². The molecule has 0 aliphatic heterocycles. The third-order valence-electron chi connectivity index (χ3n) is 6.08. The van der Waals surface area contributed by atoms with Gasteiger partial charge in [-0.05, 0) is 88.3 Å². The van der Waals surface area contributed by atoms with E-state index in [0.717, 1.165) is 21.5 Å². The van der Waals surface area contributed by atoms with E-state index in [1.807, 2.05) is 0 Å². The summed E-state index contributed by atoms with van der Waals surface area (Å²) in [5, 5.41) is 26.9. The standard InChI is InChI=1S/C30H20N2O6/c33-27(31-25-10-8-17-12-23(29(35)36)6-4-19(17)15-25)21-2-1-3-22(14-21)28(34)32-26-11-9-18-13-24(30(37)38)7-5-20(18)16-26/h1-16H,(H,31,33)(H,32,34)(H,35,36)(H,37,38). The maximum atomic E-state index is 12.9. The molecule has 0 saturated carbocycles. The van der Waals surface area contributed by atoms with Crippen LogP contribution in [0.3, 0.4) is 0 Å². The second kappa shape index (κ2) is 9.87. The predicted molar refractivity (Wildman–Crippen MR) is 144 cm³/mol. The molecule has 8 heteroatoms. The fraction of sp³-hybridized carbons (Fsp3) is 0. The first-order valence-corrected chi connectivity index (χ1v) is 11.5. The highest BCUT2D eigenvalue weighted by atomic mass is 16.4. The van der Waals surface area contributed by atoms with Gasteiger partial charge >= 0.3 is 11.9 Å². The van der Waals surface area contributed by atoms with E-state index in [1.165, 1.54) is 18.2 Å². The molecule has 0 atom stereocenters. The minimum Gasteiger partial charge on any atom is -0.478 e. The van der Waals surface area contributed by atoms with Crippen LogP contribution in [-0.2, 0) is 0 Å². The number of hydrogen-bond acceptors (Lipinski definition) is 4. The molecule has 0 unspecified atom stereocenters. The average molecular weight is 504 g/mol. The van der Waals surface area contributed by atoms with Gasteiger partial charge in [-0.15, -0.1) is 0 Å². The fourth-order valence-corrected chi connectivity index (χ4v) is 4.12. The number of benzene rings is 5. The lowest BCUT2D eigenvalue weighted by molar-refractivity contribution is 0.0686. The van der Waals surface area contributed by atoms with Crippen molar-refractivity contribution in [3.63, 3.8) is 0 Å². The smallest absolute Gasteiger partial charge is 0.335 e. The lowest BCUT2D eigenvalue weighted by Gasteiger charge is -2.10. The maximum absolute atomic E-state index is 12.9. The Kier molecular flexibility index (Phi) is 6.28. The van der Waals surface area contributed by atoms with Crippen LogP contribution in [0.25, 0.3) is 21.5 Å². The number of rotatable bonds is 6. The summed E-state index contributed by atoms with van der Waals surface area (Å²) in [5.41, 5.74) is 2.00. The number of carboxylic acid groups (broad SMARTS) is 2. The minimum atomic E-state index is -1.01. The first-order valence-electron chi connectivity index (χ1n) is 11.5. The van der Waals surface area contributed by atoms with Gasteiger partial charge in [-0.25, -0.2) is 9.59 Å². The highest BCUT2D eigenvalue weighted by molar-refractivity contribution is 6.09. The second-order valence-electron chi connectivity index (χ2n) is 8.65. The molecule has 5 rings (SSSR count). The van der Waals surface area contributed by atoms with Gasteiger partial charge in [0.1, 0.15) is 0 Å². The van der Waals surface area contributed by atoms with Gasteiger partial charge < -0.3 is 20.8 Å². The van der Waals surface area contributed by atoms with Crippen LogP contribution in [0.15, 0.2) is 97.1 Å². The predicted octanol–water partition coefficient (Wildman–Crippen LogP) is 5.89. The van der Waals surface area contributed by atoms with Gasteiger partial charge in [0.15, 0.2) is 0 Å². The lowest BCUT2D eigenvalue weighted by atomic mass is 10.1. The van der Waals surface area contributed by atoms with E-state index in [9.17, 15) is 19.2 Å². The van der Waals surface area contributed by atoms with Crippen molar-refractivity contribution in [2.24, 2.45) is 0 Å². The number of carbonyl (C=O) groups excluding carboxylic acids is 2. The molecule has 0 fully saturated rings. The first-order chi connectivity index (χ1) is 18.3. The van der Waals surface area contributed by atoms with E-state index < -0.39 is 23.8 Å². The number of hydrogen-bond donors (Lipinski definition) is 4. The Morgan fingerprint density at radius 3 is 1.26 bits per heavy atom.